The van der Waals surface area contributed by atoms with Crippen LogP contribution in [0.3, 0.4) is 0 Å². The van der Waals surface area contributed by atoms with Crippen molar-refractivity contribution in [3.63, 3.8) is 0 Å². The van der Waals surface area contributed by atoms with Gasteiger partial charge in [0.2, 0.25) is 0 Å². The average molecular weight is 215 g/mol. The second-order valence-electron chi connectivity index (χ2n) is 2.60. The van der Waals surface area contributed by atoms with Gasteiger partial charge >= 0.3 is 0 Å². The minimum absolute atomic E-state index is 0.0654. The minimum Gasteiger partial charge on any atom is -0.324 e. The molecule has 0 saturated heterocycles. The van der Waals surface area contributed by atoms with E-state index in [-0.39, 0.29) is 6.04 Å². The maximum absolute atomic E-state index is 5.71. The number of aromatic nitrogens is 1. The SMILES string of the molecule is Cc1nc(Br)ccc1C(C)N. The van der Waals surface area contributed by atoms with Crippen LogP contribution in [0.2, 0.25) is 0 Å². The Kier molecular flexibility index (Phi) is 2.62. The third kappa shape index (κ3) is 2.01. The van der Waals surface area contributed by atoms with E-state index in [1.165, 1.54) is 0 Å². The number of aryl methyl sites for hydroxylation is 1. The van der Waals surface area contributed by atoms with Gasteiger partial charge < -0.3 is 5.73 Å². The summed E-state index contributed by atoms with van der Waals surface area (Å²) < 4.78 is 0.861. The Morgan fingerprint density at radius 2 is 2.18 bits per heavy atom. The first kappa shape index (κ1) is 8.68. The summed E-state index contributed by atoms with van der Waals surface area (Å²) in [6.45, 7) is 3.92. The van der Waals surface area contributed by atoms with Crippen LogP contribution in [-0.2, 0) is 0 Å². The van der Waals surface area contributed by atoms with Gasteiger partial charge in [-0.3, -0.25) is 0 Å². The zero-order valence-corrected chi connectivity index (χ0v) is 8.22. The van der Waals surface area contributed by atoms with Gasteiger partial charge in [-0.25, -0.2) is 4.98 Å². The monoisotopic (exact) mass is 214 g/mol. The molecule has 0 bridgehead atoms. The van der Waals surface area contributed by atoms with E-state index in [0.29, 0.717) is 0 Å². The van der Waals surface area contributed by atoms with Crippen molar-refractivity contribution in [3.05, 3.63) is 28.0 Å². The van der Waals surface area contributed by atoms with Crippen molar-refractivity contribution < 1.29 is 0 Å². The molecule has 0 saturated carbocycles. The van der Waals surface area contributed by atoms with Crippen LogP contribution in [0.4, 0.5) is 0 Å². The second-order valence-corrected chi connectivity index (χ2v) is 3.41. The highest BCUT2D eigenvalue weighted by atomic mass is 79.9. The predicted octanol–water partition coefficient (Wildman–Crippen LogP) is 2.17. The molecule has 11 heavy (non-hydrogen) atoms. The van der Waals surface area contributed by atoms with Gasteiger partial charge in [0.25, 0.3) is 0 Å². The second kappa shape index (κ2) is 3.32. The van der Waals surface area contributed by atoms with Crippen LogP contribution in [0.25, 0.3) is 0 Å². The molecule has 0 aliphatic rings. The third-order valence-corrected chi connectivity index (χ3v) is 2.02. The highest BCUT2D eigenvalue weighted by Crippen LogP contribution is 2.15. The van der Waals surface area contributed by atoms with Gasteiger partial charge in [-0.15, -0.1) is 0 Å². The summed E-state index contributed by atoms with van der Waals surface area (Å²) in [5, 5.41) is 0. The summed E-state index contributed by atoms with van der Waals surface area (Å²) in [4.78, 5) is 4.23. The lowest BCUT2D eigenvalue weighted by Gasteiger charge is -2.07. The number of hydrogen-bond donors (Lipinski definition) is 1. The summed E-state index contributed by atoms with van der Waals surface area (Å²) in [5.74, 6) is 0. The molecule has 1 heterocycles. The van der Waals surface area contributed by atoms with Crippen molar-refractivity contribution in [1.29, 1.82) is 0 Å². The van der Waals surface area contributed by atoms with E-state index >= 15 is 0 Å². The van der Waals surface area contributed by atoms with Crippen LogP contribution < -0.4 is 5.73 Å². The van der Waals surface area contributed by atoms with Gasteiger partial charge in [-0.05, 0) is 41.4 Å². The zero-order chi connectivity index (χ0) is 8.43. The van der Waals surface area contributed by atoms with Crippen LogP contribution in [0.15, 0.2) is 16.7 Å². The molecule has 1 atom stereocenters. The van der Waals surface area contributed by atoms with Crippen molar-refractivity contribution in [3.8, 4) is 0 Å². The van der Waals surface area contributed by atoms with Crippen molar-refractivity contribution in [2.45, 2.75) is 19.9 Å². The van der Waals surface area contributed by atoms with Gasteiger partial charge in [0, 0.05) is 11.7 Å². The number of hydrogen-bond acceptors (Lipinski definition) is 2. The standard InChI is InChI=1S/C8H11BrN2/c1-5(10)7-3-4-8(9)11-6(7)2/h3-5H,10H2,1-2H3. The molecule has 0 aromatic carbocycles. The molecule has 1 aromatic heterocycles. The van der Waals surface area contributed by atoms with Crippen molar-refractivity contribution in [2.24, 2.45) is 5.73 Å². The first-order valence-electron chi connectivity index (χ1n) is 3.50. The zero-order valence-electron chi connectivity index (χ0n) is 6.63. The fourth-order valence-electron chi connectivity index (χ4n) is 1.02. The van der Waals surface area contributed by atoms with Crippen molar-refractivity contribution >= 4 is 15.9 Å². The maximum atomic E-state index is 5.71. The number of nitrogens with two attached hydrogens (primary N) is 1. The molecule has 3 heteroatoms. The Bertz CT molecular complexity index is 258. The summed E-state index contributed by atoms with van der Waals surface area (Å²) in [6, 6.07) is 3.97. The van der Waals surface area contributed by atoms with Crippen molar-refractivity contribution in [1.82, 2.24) is 4.98 Å². The van der Waals surface area contributed by atoms with Gasteiger partial charge in [-0.2, -0.15) is 0 Å². The van der Waals surface area contributed by atoms with Crippen LogP contribution in [0.5, 0.6) is 0 Å². The lowest BCUT2D eigenvalue weighted by molar-refractivity contribution is 0.798. The third-order valence-electron chi connectivity index (χ3n) is 1.58. The molecular weight excluding hydrogens is 204 g/mol. The Morgan fingerprint density at radius 3 is 2.64 bits per heavy atom. The summed E-state index contributed by atoms with van der Waals surface area (Å²) in [5.41, 5.74) is 7.81. The molecule has 0 aliphatic carbocycles. The van der Waals surface area contributed by atoms with E-state index in [9.17, 15) is 0 Å². The molecule has 2 N–H and O–H groups in total. The number of nitrogens with zero attached hydrogens (tertiary/aromatic N) is 1. The van der Waals surface area contributed by atoms with E-state index in [4.69, 9.17) is 5.73 Å². The van der Waals surface area contributed by atoms with E-state index in [0.717, 1.165) is 15.9 Å². The summed E-state index contributed by atoms with van der Waals surface area (Å²) in [6.07, 6.45) is 0. The van der Waals surface area contributed by atoms with Gasteiger partial charge in [0.05, 0.1) is 0 Å². The predicted molar refractivity (Wildman–Crippen MR) is 49.3 cm³/mol. The Labute approximate surface area is 75.0 Å². The maximum Gasteiger partial charge on any atom is 0.106 e. The van der Waals surface area contributed by atoms with Crippen LogP contribution in [0.1, 0.15) is 24.2 Å². The highest BCUT2D eigenvalue weighted by molar-refractivity contribution is 9.10. The van der Waals surface area contributed by atoms with Gasteiger partial charge in [0.15, 0.2) is 0 Å². The largest absolute Gasteiger partial charge is 0.324 e. The van der Waals surface area contributed by atoms with Crippen LogP contribution in [0, 0.1) is 6.92 Å². The molecule has 0 aliphatic heterocycles. The molecule has 60 valence electrons. The normalized spacial score (nSPS) is 13.1. The molecule has 0 fully saturated rings. The summed E-state index contributed by atoms with van der Waals surface area (Å²) >= 11 is 3.29. The van der Waals surface area contributed by atoms with Gasteiger partial charge in [-0.1, -0.05) is 6.07 Å². The van der Waals surface area contributed by atoms with Crippen molar-refractivity contribution in [2.75, 3.05) is 0 Å². The lowest BCUT2D eigenvalue weighted by atomic mass is 10.1. The fourth-order valence-corrected chi connectivity index (χ4v) is 1.42. The van der Waals surface area contributed by atoms with Crippen LogP contribution >= 0.6 is 15.9 Å². The van der Waals surface area contributed by atoms with E-state index < -0.39 is 0 Å². The molecule has 1 rings (SSSR count). The number of pyridine rings is 1. The average Bonchev–Trinajstić information content (AvgIpc) is 1.85. The first-order valence-corrected chi connectivity index (χ1v) is 4.29. The van der Waals surface area contributed by atoms with E-state index in [2.05, 4.69) is 20.9 Å². The molecule has 0 radical (unpaired) electrons. The molecule has 1 aromatic rings. The fraction of sp³-hybridized carbons (Fsp3) is 0.375. The minimum atomic E-state index is 0.0654. The highest BCUT2D eigenvalue weighted by Gasteiger charge is 2.03. The quantitative estimate of drug-likeness (QED) is 0.729. The molecule has 2 nitrogen and oxygen atoms in total. The van der Waals surface area contributed by atoms with Crippen LogP contribution in [-0.4, -0.2) is 4.98 Å². The Hall–Kier alpha value is -0.410. The number of halogens is 1. The lowest BCUT2D eigenvalue weighted by Crippen LogP contribution is -2.07. The first-order chi connectivity index (χ1) is 5.11. The molecule has 0 amide bonds. The molecule has 0 spiro atoms. The molecule has 1 unspecified atom stereocenters. The smallest absolute Gasteiger partial charge is 0.106 e. The van der Waals surface area contributed by atoms with Gasteiger partial charge in [0.1, 0.15) is 4.60 Å². The molecular formula is C8H11BrN2. The summed E-state index contributed by atoms with van der Waals surface area (Å²) in [7, 11) is 0. The Balaban J connectivity index is 3.09. The number of rotatable bonds is 1. The Morgan fingerprint density at radius 1 is 1.55 bits per heavy atom. The van der Waals surface area contributed by atoms with E-state index in [1.54, 1.807) is 0 Å². The van der Waals surface area contributed by atoms with E-state index in [1.807, 2.05) is 26.0 Å². The topological polar surface area (TPSA) is 38.9 Å².